The molecule has 0 aromatic heterocycles. The molecule has 0 unspecified atom stereocenters. The van der Waals surface area contributed by atoms with Gasteiger partial charge in [-0.25, -0.2) is 4.79 Å². The molecule has 7 heteroatoms. The molecule has 3 rings (SSSR count). The average Bonchev–Trinajstić information content (AvgIpc) is 2.72. The molecule has 0 saturated carbocycles. The summed E-state index contributed by atoms with van der Waals surface area (Å²) in [6.45, 7) is 7.97. The van der Waals surface area contributed by atoms with E-state index in [9.17, 15) is 9.59 Å². The van der Waals surface area contributed by atoms with E-state index in [1.807, 2.05) is 59.5 Å². The van der Waals surface area contributed by atoms with Crippen LogP contribution in [0, 0.1) is 0 Å². The first-order valence-corrected chi connectivity index (χ1v) is 10.9. The van der Waals surface area contributed by atoms with Crippen LogP contribution in [0.5, 0.6) is 0 Å². The SMILES string of the molecule is CC(C)(C)OC(=O)N[C@@H](Cc1ccccc1)C(=O)N1CCN(c2cccc(Cl)c2)CC1. The Balaban J connectivity index is 1.66. The molecule has 166 valence electrons. The molecule has 1 aliphatic heterocycles. The molecular weight excluding hydrogens is 414 g/mol. The zero-order chi connectivity index (χ0) is 22.4. The average molecular weight is 444 g/mol. The minimum absolute atomic E-state index is 0.0968. The molecule has 2 aromatic carbocycles. The van der Waals surface area contributed by atoms with E-state index in [1.165, 1.54) is 0 Å². The summed E-state index contributed by atoms with van der Waals surface area (Å²) in [4.78, 5) is 29.7. The molecule has 0 radical (unpaired) electrons. The van der Waals surface area contributed by atoms with Crippen molar-refractivity contribution in [2.45, 2.75) is 38.8 Å². The third-order valence-electron chi connectivity index (χ3n) is 5.04. The van der Waals surface area contributed by atoms with Gasteiger partial charge in [0.05, 0.1) is 0 Å². The Morgan fingerprint density at radius 2 is 1.71 bits per heavy atom. The lowest BCUT2D eigenvalue weighted by molar-refractivity contribution is -0.133. The Labute approximate surface area is 189 Å². The van der Waals surface area contributed by atoms with Crippen LogP contribution in [0.25, 0.3) is 0 Å². The van der Waals surface area contributed by atoms with Gasteiger partial charge in [0.15, 0.2) is 0 Å². The number of hydrogen-bond donors (Lipinski definition) is 1. The lowest BCUT2D eigenvalue weighted by Crippen LogP contribution is -2.56. The van der Waals surface area contributed by atoms with E-state index in [4.69, 9.17) is 16.3 Å². The zero-order valence-corrected chi connectivity index (χ0v) is 19.1. The Kier molecular flexibility index (Phi) is 7.44. The van der Waals surface area contributed by atoms with E-state index in [0.29, 0.717) is 37.6 Å². The summed E-state index contributed by atoms with van der Waals surface area (Å²) in [6.07, 6.45) is -0.174. The van der Waals surface area contributed by atoms with Crippen molar-refractivity contribution in [2.24, 2.45) is 0 Å². The Bertz CT molecular complexity index is 890. The zero-order valence-electron chi connectivity index (χ0n) is 18.3. The van der Waals surface area contributed by atoms with Crippen LogP contribution >= 0.6 is 11.6 Å². The van der Waals surface area contributed by atoms with Crippen LogP contribution < -0.4 is 10.2 Å². The first-order chi connectivity index (χ1) is 14.7. The molecule has 1 fully saturated rings. The lowest BCUT2D eigenvalue weighted by Gasteiger charge is -2.37. The molecule has 0 bridgehead atoms. The van der Waals surface area contributed by atoms with Crippen LogP contribution in [-0.2, 0) is 16.0 Å². The number of amides is 2. The number of nitrogens with zero attached hydrogens (tertiary/aromatic N) is 2. The summed E-state index contributed by atoms with van der Waals surface area (Å²) >= 11 is 6.11. The summed E-state index contributed by atoms with van der Waals surface area (Å²) in [7, 11) is 0. The largest absolute Gasteiger partial charge is 0.444 e. The van der Waals surface area contributed by atoms with Crippen LogP contribution in [0.2, 0.25) is 5.02 Å². The van der Waals surface area contributed by atoms with Crippen LogP contribution in [0.15, 0.2) is 54.6 Å². The van der Waals surface area contributed by atoms with Gasteiger partial charge in [0.2, 0.25) is 5.91 Å². The lowest BCUT2D eigenvalue weighted by atomic mass is 10.0. The van der Waals surface area contributed by atoms with Crippen molar-refractivity contribution in [1.82, 2.24) is 10.2 Å². The maximum absolute atomic E-state index is 13.3. The number of hydrogen-bond acceptors (Lipinski definition) is 4. The molecule has 6 nitrogen and oxygen atoms in total. The molecule has 1 N–H and O–H groups in total. The second-order valence-corrected chi connectivity index (χ2v) is 9.12. The minimum Gasteiger partial charge on any atom is -0.444 e. The third-order valence-corrected chi connectivity index (χ3v) is 5.27. The molecule has 31 heavy (non-hydrogen) atoms. The summed E-state index contributed by atoms with van der Waals surface area (Å²) in [6, 6.07) is 16.7. The number of benzene rings is 2. The highest BCUT2D eigenvalue weighted by atomic mass is 35.5. The second-order valence-electron chi connectivity index (χ2n) is 8.68. The van der Waals surface area contributed by atoms with Gasteiger partial charge in [-0.05, 0) is 44.5 Å². The van der Waals surface area contributed by atoms with Gasteiger partial charge >= 0.3 is 6.09 Å². The Morgan fingerprint density at radius 1 is 1.03 bits per heavy atom. The fraction of sp³-hybridized carbons (Fsp3) is 0.417. The standard InChI is InChI=1S/C24H30ClN3O3/c1-24(2,3)31-23(30)26-21(16-18-8-5-4-6-9-18)22(29)28-14-12-27(13-15-28)20-11-7-10-19(25)17-20/h4-11,17,21H,12-16H2,1-3H3,(H,26,30)/t21-/m0/s1. The van der Waals surface area contributed by atoms with Crippen molar-refractivity contribution < 1.29 is 14.3 Å². The van der Waals surface area contributed by atoms with E-state index < -0.39 is 17.7 Å². The van der Waals surface area contributed by atoms with Gasteiger partial charge in [-0.2, -0.15) is 0 Å². The number of ether oxygens (including phenoxy) is 1. The number of alkyl carbamates (subject to hydrolysis) is 1. The second kappa shape index (κ2) is 10.1. The maximum Gasteiger partial charge on any atom is 0.408 e. The van der Waals surface area contributed by atoms with Gasteiger partial charge in [0, 0.05) is 43.3 Å². The molecule has 1 atom stereocenters. The van der Waals surface area contributed by atoms with Crippen molar-refractivity contribution in [3.8, 4) is 0 Å². The van der Waals surface area contributed by atoms with Crippen LogP contribution in [0.3, 0.4) is 0 Å². The summed E-state index contributed by atoms with van der Waals surface area (Å²) in [5.41, 5.74) is 1.40. The summed E-state index contributed by atoms with van der Waals surface area (Å²) < 4.78 is 5.39. The topological polar surface area (TPSA) is 61.9 Å². The van der Waals surface area contributed by atoms with Gasteiger partial charge in [-0.1, -0.05) is 48.0 Å². The van der Waals surface area contributed by atoms with Crippen molar-refractivity contribution in [3.63, 3.8) is 0 Å². The Morgan fingerprint density at radius 3 is 2.32 bits per heavy atom. The number of piperazine rings is 1. The van der Waals surface area contributed by atoms with Gasteiger partial charge in [-0.3, -0.25) is 4.79 Å². The van der Waals surface area contributed by atoms with Gasteiger partial charge in [-0.15, -0.1) is 0 Å². The number of carbonyl (C=O) groups is 2. The normalized spacial score (nSPS) is 15.4. The first-order valence-electron chi connectivity index (χ1n) is 10.5. The quantitative estimate of drug-likeness (QED) is 0.754. The van der Waals surface area contributed by atoms with E-state index in [1.54, 1.807) is 20.8 Å². The summed E-state index contributed by atoms with van der Waals surface area (Å²) in [5.74, 6) is -0.0968. The highest BCUT2D eigenvalue weighted by Gasteiger charge is 2.30. The molecule has 1 aliphatic rings. The van der Waals surface area contributed by atoms with Crippen LogP contribution in [-0.4, -0.2) is 54.7 Å². The van der Waals surface area contributed by atoms with E-state index in [0.717, 1.165) is 11.3 Å². The maximum atomic E-state index is 13.3. The fourth-order valence-corrected chi connectivity index (χ4v) is 3.76. The predicted molar refractivity (Wildman–Crippen MR) is 124 cm³/mol. The third kappa shape index (κ3) is 6.89. The summed E-state index contributed by atoms with van der Waals surface area (Å²) in [5, 5.41) is 3.48. The van der Waals surface area contributed by atoms with E-state index >= 15 is 0 Å². The molecule has 0 aliphatic carbocycles. The van der Waals surface area contributed by atoms with Gasteiger partial charge in [0.1, 0.15) is 11.6 Å². The number of carbonyl (C=O) groups excluding carboxylic acids is 2. The molecule has 2 aromatic rings. The number of halogens is 1. The van der Waals surface area contributed by atoms with E-state index in [-0.39, 0.29) is 5.91 Å². The van der Waals surface area contributed by atoms with Crippen molar-refractivity contribution in [3.05, 3.63) is 65.2 Å². The number of nitrogens with one attached hydrogen (secondary N) is 1. The van der Waals surface area contributed by atoms with Crippen molar-refractivity contribution >= 4 is 29.3 Å². The highest BCUT2D eigenvalue weighted by Crippen LogP contribution is 2.21. The first kappa shape index (κ1) is 22.9. The molecule has 0 spiro atoms. The van der Waals surface area contributed by atoms with Crippen molar-refractivity contribution in [1.29, 1.82) is 0 Å². The molecule has 1 heterocycles. The number of rotatable bonds is 5. The van der Waals surface area contributed by atoms with Crippen molar-refractivity contribution in [2.75, 3.05) is 31.1 Å². The fourth-order valence-electron chi connectivity index (χ4n) is 3.58. The number of anilines is 1. The molecular formula is C24H30ClN3O3. The van der Waals surface area contributed by atoms with Crippen LogP contribution in [0.1, 0.15) is 26.3 Å². The van der Waals surface area contributed by atoms with Gasteiger partial charge in [0.25, 0.3) is 0 Å². The molecule has 1 saturated heterocycles. The molecule has 2 amide bonds. The monoisotopic (exact) mass is 443 g/mol. The van der Waals surface area contributed by atoms with E-state index in [2.05, 4.69) is 10.2 Å². The van der Waals surface area contributed by atoms with Crippen LogP contribution in [0.4, 0.5) is 10.5 Å². The Hall–Kier alpha value is -2.73. The minimum atomic E-state index is -0.685. The highest BCUT2D eigenvalue weighted by molar-refractivity contribution is 6.30. The predicted octanol–water partition coefficient (Wildman–Crippen LogP) is 4.12. The smallest absolute Gasteiger partial charge is 0.408 e. The van der Waals surface area contributed by atoms with Gasteiger partial charge < -0.3 is 19.9 Å².